The molecule has 1 unspecified atom stereocenters. The second kappa shape index (κ2) is 12.9. The molecule has 7 nitrogen and oxygen atoms in total. The summed E-state index contributed by atoms with van der Waals surface area (Å²) in [7, 11) is 0. The molecule has 1 rings (SSSR count). The Morgan fingerprint density at radius 2 is 1.96 bits per heavy atom. The van der Waals surface area contributed by atoms with Gasteiger partial charge in [0.15, 0.2) is 0 Å². The number of aliphatic carboxylic acids is 1. The zero-order valence-electron chi connectivity index (χ0n) is 14.8. The molecule has 1 aliphatic heterocycles. The van der Waals surface area contributed by atoms with Gasteiger partial charge in [0.2, 0.25) is 0 Å². The number of rotatable bonds is 10. The van der Waals surface area contributed by atoms with Crippen LogP contribution in [0, 0.1) is 0 Å². The molecule has 0 aromatic heterocycles. The molecule has 0 aromatic carbocycles. The average molecular weight is 354 g/mol. The topological polar surface area (TPSA) is 102 Å². The van der Waals surface area contributed by atoms with E-state index < -0.39 is 11.9 Å². The van der Waals surface area contributed by atoms with Crippen LogP contribution in [0.4, 0.5) is 0 Å². The number of carbonyl (C=O) groups excluding carboxylic acids is 2. The first-order valence-electron chi connectivity index (χ1n) is 7.97. The van der Waals surface area contributed by atoms with Crippen molar-refractivity contribution in [2.45, 2.75) is 39.2 Å². The maximum atomic E-state index is 11.3. The van der Waals surface area contributed by atoms with E-state index in [2.05, 4.69) is 17.9 Å². The molecule has 0 amide bonds. The summed E-state index contributed by atoms with van der Waals surface area (Å²) in [5.74, 6) is -1.83. The summed E-state index contributed by atoms with van der Waals surface area (Å²) in [6, 6.07) is 0. The lowest BCUT2D eigenvalue weighted by molar-refractivity contribution is -0.139. The van der Waals surface area contributed by atoms with Crippen LogP contribution in [0.5, 0.6) is 0 Å². The van der Waals surface area contributed by atoms with Gasteiger partial charge in [0.1, 0.15) is 12.7 Å². The van der Waals surface area contributed by atoms with Gasteiger partial charge in [0, 0.05) is 17.2 Å². The molecule has 0 spiro atoms. The van der Waals surface area contributed by atoms with Crippen molar-refractivity contribution in [3.63, 3.8) is 0 Å². The van der Waals surface area contributed by atoms with Crippen LogP contribution in [0.25, 0.3) is 0 Å². The Kier molecular flexibility index (Phi) is 11.7. The van der Waals surface area contributed by atoms with Crippen molar-refractivity contribution >= 4 is 17.9 Å². The van der Waals surface area contributed by atoms with E-state index in [4.69, 9.17) is 14.6 Å². The van der Waals surface area contributed by atoms with Crippen molar-refractivity contribution in [3.05, 3.63) is 36.5 Å². The second-order valence-electron chi connectivity index (χ2n) is 5.28. The SMILES string of the molecule is C=C(CC=C(C)C(=O)O)C(=O)OCCCC.C=CC(=O)OCC1CO1. The van der Waals surface area contributed by atoms with E-state index in [1.54, 1.807) is 0 Å². The molecule has 1 aliphatic rings. The standard InChI is InChI=1S/C12H18O4.C6H8O3/c1-4-5-8-16-12(15)10(3)7-6-9(2)11(13)14;1-2-6(7)9-4-5-3-8-5/h6H,3-5,7-8H2,1-2H3,(H,13,14);2,5H,1,3-4H2. The molecule has 1 saturated heterocycles. The summed E-state index contributed by atoms with van der Waals surface area (Å²) in [6.07, 6.45) is 4.73. The molecule has 25 heavy (non-hydrogen) atoms. The quantitative estimate of drug-likeness (QED) is 0.278. The third-order valence-corrected chi connectivity index (χ3v) is 2.99. The lowest BCUT2D eigenvalue weighted by Gasteiger charge is -2.04. The normalized spacial score (nSPS) is 15.3. The van der Waals surface area contributed by atoms with Gasteiger partial charge in [0.05, 0.1) is 13.2 Å². The highest BCUT2D eigenvalue weighted by atomic mass is 16.6. The Balaban J connectivity index is 0.000000535. The molecule has 0 aromatic rings. The lowest BCUT2D eigenvalue weighted by atomic mass is 10.1. The minimum Gasteiger partial charge on any atom is -0.478 e. The number of hydrogen-bond acceptors (Lipinski definition) is 6. The fourth-order valence-electron chi connectivity index (χ4n) is 1.26. The van der Waals surface area contributed by atoms with Crippen molar-refractivity contribution in [1.82, 2.24) is 0 Å². The van der Waals surface area contributed by atoms with Crippen LogP contribution in [0.1, 0.15) is 33.1 Å². The highest BCUT2D eigenvalue weighted by molar-refractivity contribution is 5.89. The molecular formula is C18H26O7. The predicted octanol–water partition coefficient (Wildman–Crippen LogP) is 2.42. The minimum absolute atomic E-state index is 0.147. The molecular weight excluding hydrogens is 328 g/mol. The number of esters is 2. The third kappa shape index (κ3) is 12.7. The van der Waals surface area contributed by atoms with Gasteiger partial charge in [-0.1, -0.05) is 32.6 Å². The Bertz CT molecular complexity index is 516. The van der Waals surface area contributed by atoms with Crippen LogP contribution < -0.4 is 0 Å². The summed E-state index contributed by atoms with van der Waals surface area (Å²) in [6.45, 7) is 11.7. The van der Waals surface area contributed by atoms with Gasteiger partial charge in [-0.15, -0.1) is 0 Å². The molecule has 0 saturated carbocycles. The summed E-state index contributed by atoms with van der Waals surface area (Å²) < 4.78 is 14.3. The van der Waals surface area contributed by atoms with E-state index in [1.165, 1.54) is 13.0 Å². The largest absolute Gasteiger partial charge is 0.478 e. The number of unbranched alkanes of at least 4 members (excludes halogenated alkanes) is 1. The maximum absolute atomic E-state index is 11.3. The molecule has 140 valence electrons. The number of carboxylic acids is 1. The first kappa shape index (κ1) is 22.6. The summed E-state index contributed by atoms with van der Waals surface area (Å²) in [5, 5.41) is 8.59. The van der Waals surface area contributed by atoms with Crippen molar-refractivity contribution in [2.24, 2.45) is 0 Å². The average Bonchev–Trinajstić information content (AvgIpc) is 3.42. The monoisotopic (exact) mass is 354 g/mol. The maximum Gasteiger partial charge on any atom is 0.333 e. The van der Waals surface area contributed by atoms with Crippen LogP contribution in [-0.2, 0) is 28.6 Å². The molecule has 1 fully saturated rings. The first-order chi connectivity index (χ1) is 11.8. The highest BCUT2D eigenvalue weighted by Crippen LogP contribution is 2.08. The third-order valence-electron chi connectivity index (χ3n) is 2.99. The van der Waals surface area contributed by atoms with Crippen molar-refractivity contribution in [3.8, 4) is 0 Å². The van der Waals surface area contributed by atoms with E-state index in [9.17, 15) is 14.4 Å². The molecule has 0 bridgehead atoms. The van der Waals surface area contributed by atoms with Gasteiger partial charge in [0.25, 0.3) is 0 Å². The van der Waals surface area contributed by atoms with Crippen molar-refractivity contribution < 1.29 is 33.7 Å². The highest BCUT2D eigenvalue weighted by Gasteiger charge is 2.23. The van der Waals surface area contributed by atoms with Gasteiger partial charge in [-0.05, 0) is 19.8 Å². The Hall–Kier alpha value is -2.41. The van der Waals surface area contributed by atoms with Gasteiger partial charge in [-0.25, -0.2) is 14.4 Å². The number of ether oxygens (including phenoxy) is 3. The number of carboxylic acid groups (broad SMARTS) is 1. The number of epoxide rings is 1. The molecule has 0 radical (unpaired) electrons. The Labute approximate surface area is 147 Å². The Morgan fingerprint density at radius 1 is 1.32 bits per heavy atom. The van der Waals surface area contributed by atoms with Gasteiger partial charge in [-0.3, -0.25) is 0 Å². The second-order valence-corrected chi connectivity index (χ2v) is 5.28. The van der Waals surface area contributed by atoms with E-state index in [1.807, 2.05) is 6.92 Å². The fourth-order valence-corrected chi connectivity index (χ4v) is 1.26. The summed E-state index contributed by atoms with van der Waals surface area (Å²) in [5.41, 5.74) is 0.471. The van der Waals surface area contributed by atoms with Gasteiger partial charge in [-0.2, -0.15) is 0 Å². The molecule has 7 heteroatoms. The molecule has 1 N–H and O–H groups in total. The summed E-state index contributed by atoms with van der Waals surface area (Å²) in [4.78, 5) is 32.1. The fraction of sp³-hybridized carbons (Fsp3) is 0.500. The minimum atomic E-state index is -0.993. The van der Waals surface area contributed by atoms with Gasteiger partial charge < -0.3 is 19.3 Å². The molecule has 0 aliphatic carbocycles. The van der Waals surface area contributed by atoms with E-state index in [-0.39, 0.29) is 29.6 Å². The zero-order valence-corrected chi connectivity index (χ0v) is 14.8. The molecule has 1 heterocycles. The van der Waals surface area contributed by atoms with E-state index >= 15 is 0 Å². The number of allylic oxidation sites excluding steroid dienone is 1. The van der Waals surface area contributed by atoms with E-state index in [0.29, 0.717) is 19.8 Å². The number of hydrogen-bond donors (Lipinski definition) is 1. The predicted molar refractivity (Wildman–Crippen MR) is 91.9 cm³/mol. The first-order valence-corrected chi connectivity index (χ1v) is 7.97. The van der Waals surface area contributed by atoms with Gasteiger partial charge >= 0.3 is 17.9 Å². The van der Waals surface area contributed by atoms with Crippen LogP contribution in [-0.4, -0.2) is 48.9 Å². The van der Waals surface area contributed by atoms with Crippen molar-refractivity contribution in [1.29, 1.82) is 0 Å². The summed E-state index contributed by atoms with van der Waals surface area (Å²) >= 11 is 0. The van der Waals surface area contributed by atoms with Crippen LogP contribution in [0.2, 0.25) is 0 Å². The van der Waals surface area contributed by atoms with Crippen LogP contribution in [0.15, 0.2) is 36.5 Å². The smallest absolute Gasteiger partial charge is 0.333 e. The Morgan fingerprint density at radius 3 is 2.44 bits per heavy atom. The van der Waals surface area contributed by atoms with Crippen LogP contribution >= 0.6 is 0 Å². The number of carbonyl (C=O) groups is 3. The molecule has 1 atom stereocenters. The van der Waals surface area contributed by atoms with Crippen molar-refractivity contribution in [2.75, 3.05) is 19.8 Å². The van der Waals surface area contributed by atoms with Crippen LogP contribution in [0.3, 0.4) is 0 Å². The lowest BCUT2D eigenvalue weighted by Crippen LogP contribution is -2.08. The zero-order chi connectivity index (χ0) is 19.2. The van der Waals surface area contributed by atoms with E-state index in [0.717, 1.165) is 18.9 Å².